The minimum absolute atomic E-state index is 0.0954. The van der Waals surface area contributed by atoms with E-state index in [9.17, 15) is 29.7 Å². The van der Waals surface area contributed by atoms with Crippen LogP contribution in [-0.4, -0.2) is 57.6 Å². The van der Waals surface area contributed by atoms with Gasteiger partial charge in [0.15, 0.2) is 11.6 Å². The van der Waals surface area contributed by atoms with Crippen molar-refractivity contribution in [2.24, 2.45) is 29.6 Å². The summed E-state index contributed by atoms with van der Waals surface area (Å²) in [5.41, 5.74) is 1.73. The van der Waals surface area contributed by atoms with Crippen molar-refractivity contribution < 1.29 is 29.7 Å². The Balaban J connectivity index is 2.03. The lowest BCUT2D eigenvalue weighted by Crippen LogP contribution is -2.59. The van der Waals surface area contributed by atoms with Crippen LogP contribution in [0.15, 0.2) is 71.9 Å². The van der Waals surface area contributed by atoms with Crippen LogP contribution in [0.25, 0.3) is 0 Å². The quantitative estimate of drug-likeness (QED) is 0.310. The summed E-state index contributed by atoms with van der Waals surface area (Å²) in [5, 5.41) is 34.1. The fourth-order valence-corrected chi connectivity index (χ4v) is 4.99. The second-order valence-corrected chi connectivity index (χ2v) is 9.77. The van der Waals surface area contributed by atoms with Crippen LogP contribution < -0.4 is 5.32 Å². The molecule has 0 aromatic heterocycles. The third-order valence-electron chi connectivity index (χ3n) is 6.98. The largest absolute Gasteiger partial charge is 0.390 e. The normalized spacial score (nSPS) is 36.9. The third-order valence-corrected chi connectivity index (χ3v) is 6.98. The molecule has 8 unspecified atom stereocenters. The molecule has 2 aliphatic carbocycles. The molecule has 0 bridgehead atoms. The van der Waals surface area contributed by atoms with Gasteiger partial charge < -0.3 is 20.6 Å². The molecule has 1 amide bonds. The highest BCUT2D eigenvalue weighted by molar-refractivity contribution is 6.03. The molecule has 0 aromatic rings. The predicted octanol–water partition coefficient (Wildman–Crippen LogP) is 1.97. The van der Waals surface area contributed by atoms with Gasteiger partial charge >= 0.3 is 0 Å². The topological polar surface area (TPSA) is 124 Å². The van der Waals surface area contributed by atoms with Crippen LogP contribution >= 0.6 is 0 Å². The number of aliphatic hydroxyl groups is 3. The maximum absolute atomic E-state index is 12.7. The maximum Gasteiger partial charge on any atom is 0.227 e. The van der Waals surface area contributed by atoms with Gasteiger partial charge in [-0.1, -0.05) is 72.8 Å². The lowest BCUT2D eigenvalue weighted by Gasteiger charge is -2.46. The number of nitrogens with one attached hydrogen (secondary N) is 1. The standard InChI is InChI=1S/C28H35NO6/c1-16-9-10-19(30)14-23(31)29-15-17(2)7-5-4-6-8-18(3)20-11-12-21-24(22(20)13-16)26(33)28(35)27(34)25(21)32/h4-13,17,20-22,24,26-28,33-35H,14-15H2,1-3H3,(H,29,31). The Morgan fingerprint density at radius 2 is 1.60 bits per heavy atom. The Kier molecular flexibility index (Phi) is 8.94. The molecule has 1 heterocycles. The monoisotopic (exact) mass is 481 g/mol. The number of hydrogen-bond acceptors (Lipinski definition) is 6. The molecular weight excluding hydrogens is 446 g/mol. The average molecular weight is 482 g/mol. The van der Waals surface area contributed by atoms with Gasteiger partial charge in [-0.2, -0.15) is 0 Å². The summed E-state index contributed by atoms with van der Waals surface area (Å²) in [7, 11) is 0. The number of aliphatic hydroxyl groups excluding tert-OH is 3. The van der Waals surface area contributed by atoms with Gasteiger partial charge in [-0.3, -0.25) is 14.4 Å². The van der Waals surface area contributed by atoms with E-state index >= 15 is 0 Å². The summed E-state index contributed by atoms with van der Waals surface area (Å²) < 4.78 is 0. The molecular formula is C28H35NO6. The summed E-state index contributed by atoms with van der Waals surface area (Å²) in [5.74, 6) is -2.99. The van der Waals surface area contributed by atoms with Gasteiger partial charge in [0.1, 0.15) is 12.2 Å². The average Bonchev–Trinajstić information content (AvgIpc) is 2.82. The van der Waals surface area contributed by atoms with E-state index in [0.29, 0.717) is 6.54 Å². The van der Waals surface area contributed by atoms with E-state index in [4.69, 9.17) is 0 Å². The first-order valence-electron chi connectivity index (χ1n) is 12.0. The Bertz CT molecular complexity index is 1020. The van der Waals surface area contributed by atoms with Crippen molar-refractivity contribution in [1.82, 2.24) is 5.32 Å². The summed E-state index contributed by atoms with van der Waals surface area (Å²) >= 11 is 0. The van der Waals surface area contributed by atoms with E-state index in [1.165, 1.54) is 6.08 Å². The first-order valence-corrected chi connectivity index (χ1v) is 12.0. The number of fused-ring (bicyclic) bond motifs is 3. The van der Waals surface area contributed by atoms with Crippen molar-refractivity contribution in [1.29, 1.82) is 0 Å². The van der Waals surface area contributed by atoms with Crippen LogP contribution in [0.1, 0.15) is 27.2 Å². The second-order valence-electron chi connectivity index (χ2n) is 9.77. The molecule has 0 aromatic carbocycles. The molecule has 3 aliphatic rings. The third kappa shape index (κ3) is 6.42. The van der Waals surface area contributed by atoms with Gasteiger partial charge in [-0.25, -0.2) is 0 Å². The van der Waals surface area contributed by atoms with E-state index in [1.54, 1.807) is 19.1 Å². The summed E-state index contributed by atoms with van der Waals surface area (Å²) in [6, 6.07) is 0. The first kappa shape index (κ1) is 26.7. The van der Waals surface area contributed by atoms with Crippen molar-refractivity contribution in [2.75, 3.05) is 6.54 Å². The smallest absolute Gasteiger partial charge is 0.227 e. The fourth-order valence-electron chi connectivity index (χ4n) is 4.99. The number of carbonyl (C=O) groups is 3. The zero-order valence-electron chi connectivity index (χ0n) is 20.4. The van der Waals surface area contributed by atoms with E-state index < -0.39 is 35.9 Å². The number of Topliss-reactive ketones (excluding diaryl/α,β-unsaturated/α-hetero) is 1. The highest BCUT2D eigenvalue weighted by Gasteiger charge is 2.52. The molecule has 0 radical (unpaired) electrons. The van der Waals surface area contributed by atoms with E-state index in [-0.39, 0.29) is 35.9 Å². The number of hydrogen-bond donors (Lipinski definition) is 4. The lowest BCUT2D eigenvalue weighted by molar-refractivity contribution is -0.165. The van der Waals surface area contributed by atoms with Gasteiger partial charge in [0, 0.05) is 24.3 Å². The zero-order chi connectivity index (χ0) is 25.7. The van der Waals surface area contributed by atoms with E-state index in [0.717, 1.165) is 11.1 Å². The minimum atomic E-state index is -1.63. The lowest BCUT2D eigenvalue weighted by atomic mass is 9.60. The second kappa shape index (κ2) is 11.7. The number of amides is 1. The molecule has 3 rings (SSSR count). The summed E-state index contributed by atoms with van der Waals surface area (Å²) in [4.78, 5) is 37.1. The fraction of sp³-hybridized carbons (Fsp3) is 0.464. The number of carbonyl (C=O) groups excluding carboxylic acids is 3. The predicted molar refractivity (Wildman–Crippen MR) is 133 cm³/mol. The molecule has 1 saturated carbocycles. The van der Waals surface area contributed by atoms with Crippen molar-refractivity contribution in [3.63, 3.8) is 0 Å². The molecule has 0 saturated heterocycles. The number of allylic oxidation sites excluding steroid dienone is 11. The Morgan fingerprint density at radius 1 is 0.886 bits per heavy atom. The first-order chi connectivity index (χ1) is 16.6. The molecule has 8 atom stereocenters. The zero-order valence-corrected chi connectivity index (χ0v) is 20.4. The highest BCUT2D eigenvalue weighted by atomic mass is 16.4. The Hall–Kier alpha value is -2.87. The molecule has 1 fully saturated rings. The van der Waals surface area contributed by atoms with Crippen LogP contribution in [0.3, 0.4) is 0 Å². The molecule has 0 spiro atoms. The van der Waals surface area contributed by atoms with E-state index in [1.807, 2.05) is 56.4 Å². The van der Waals surface area contributed by atoms with Gasteiger partial charge in [-0.15, -0.1) is 0 Å². The molecule has 1 aliphatic heterocycles. The Morgan fingerprint density at radius 3 is 2.34 bits per heavy atom. The SMILES string of the molecule is CC1=CC2C(C=CC3C(=O)C(O)C(O)C(O)C32)C(C)=CC=CC=CC(C)CNC(=O)CC(=O)C=C1. The number of rotatable bonds is 0. The van der Waals surface area contributed by atoms with Crippen molar-refractivity contribution in [3.05, 3.63) is 71.9 Å². The van der Waals surface area contributed by atoms with Gasteiger partial charge in [0.2, 0.25) is 5.91 Å². The van der Waals surface area contributed by atoms with Crippen LogP contribution in [0.2, 0.25) is 0 Å². The van der Waals surface area contributed by atoms with Gasteiger partial charge in [0.25, 0.3) is 0 Å². The minimum Gasteiger partial charge on any atom is -0.390 e. The Labute approximate surface area is 206 Å². The molecule has 4 N–H and O–H groups in total. The molecule has 188 valence electrons. The van der Waals surface area contributed by atoms with Gasteiger partial charge in [0.05, 0.1) is 12.5 Å². The van der Waals surface area contributed by atoms with Crippen LogP contribution in [0.4, 0.5) is 0 Å². The molecule has 7 nitrogen and oxygen atoms in total. The maximum atomic E-state index is 12.7. The van der Waals surface area contributed by atoms with Gasteiger partial charge in [-0.05, 0) is 31.8 Å². The highest BCUT2D eigenvalue weighted by Crippen LogP contribution is 2.45. The van der Waals surface area contributed by atoms with Crippen molar-refractivity contribution in [2.45, 2.75) is 45.5 Å². The summed E-state index contributed by atoms with van der Waals surface area (Å²) in [6.07, 6.45) is 13.4. The van der Waals surface area contributed by atoms with E-state index in [2.05, 4.69) is 5.32 Å². The van der Waals surface area contributed by atoms with Crippen molar-refractivity contribution in [3.8, 4) is 0 Å². The number of ketones is 2. The molecule has 7 heteroatoms. The summed E-state index contributed by atoms with van der Waals surface area (Å²) in [6.45, 7) is 6.18. The van der Waals surface area contributed by atoms with Crippen LogP contribution in [0.5, 0.6) is 0 Å². The van der Waals surface area contributed by atoms with Crippen molar-refractivity contribution >= 4 is 17.5 Å². The molecule has 35 heavy (non-hydrogen) atoms. The van der Waals surface area contributed by atoms with Crippen LogP contribution in [-0.2, 0) is 14.4 Å². The van der Waals surface area contributed by atoms with Crippen LogP contribution in [0, 0.1) is 29.6 Å².